The molecule has 0 aliphatic heterocycles. The van der Waals surface area contributed by atoms with Crippen LogP contribution in [0.3, 0.4) is 0 Å². The predicted octanol–water partition coefficient (Wildman–Crippen LogP) is 4.30. The van der Waals surface area contributed by atoms with Crippen molar-refractivity contribution in [3.8, 4) is 0 Å². The van der Waals surface area contributed by atoms with E-state index in [4.69, 9.17) is 0 Å². The Balaban J connectivity index is 3.26. The van der Waals surface area contributed by atoms with Gasteiger partial charge in [-0.15, -0.1) is 0 Å². The molecule has 0 saturated heterocycles. The third-order valence-electron chi connectivity index (χ3n) is 2.45. The maximum absolute atomic E-state index is 4.51. The highest BCUT2D eigenvalue weighted by Crippen LogP contribution is 2.19. The normalized spacial score (nSPS) is 16.0. The first-order chi connectivity index (χ1) is 5.70. The third-order valence-corrected chi connectivity index (χ3v) is 3.02. The summed E-state index contributed by atoms with van der Waals surface area (Å²) in [5.41, 5.74) is 0. The second kappa shape index (κ2) is 7.97. The number of thiol groups is 1. The van der Waals surface area contributed by atoms with Gasteiger partial charge in [0, 0.05) is 5.25 Å². The summed E-state index contributed by atoms with van der Waals surface area (Å²) in [5, 5.41) is 0.627. The molecule has 0 radical (unpaired) electrons. The fourth-order valence-electron chi connectivity index (χ4n) is 1.49. The molecule has 2 unspecified atom stereocenters. The van der Waals surface area contributed by atoms with Crippen LogP contribution in [0.1, 0.15) is 59.3 Å². The molecule has 0 aliphatic carbocycles. The minimum absolute atomic E-state index is 0.627. The van der Waals surface area contributed by atoms with E-state index in [2.05, 4.69) is 33.4 Å². The van der Waals surface area contributed by atoms with Crippen LogP contribution in [0.15, 0.2) is 0 Å². The summed E-state index contributed by atoms with van der Waals surface area (Å²) in [7, 11) is 0. The molecule has 0 heterocycles. The van der Waals surface area contributed by atoms with Gasteiger partial charge in [0.25, 0.3) is 0 Å². The first-order valence-electron chi connectivity index (χ1n) is 5.38. The quantitative estimate of drug-likeness (QED) is 0.447. The zero-order valence-corrected chi connectivity index (χ0v) is 9.74. The Bertz CT molecular complexity index is 91.0. The average molecular weight is 188 g/mol. The maximum atomic E-state index is 4.51. The van der Waals surface area contributed by atoms with E-state index in [0.29, 0.717) is 5.25 Å². The summed E-state index contributed by atoms with van der Waals surface area (Å²) in [6.07, 6.45) is 8.04. The Hall–Kier alpha value is 0.350. The van der Waals surface area contributed by atoms with Crippen LogP contribution in [-0.2, 0) is 0 Å². The molecule has 1 heteroatoms. The molecule has 2 atom stereocenters. The van der Waals surface area contributed by atoms with Crippen LogP contribution in [0.2, 0.25) is 0 Å². The summed E-state index contributed by atoms with van der Waals surface area (Å²) >= 11 is 4.51. The minimum atomic E-state index is 0.627. The number of rotatable bonds is 7. The van der Waals surface area contributed by atoms with Gasteiger partial charge in [0.05, 0.1) is 0 Å². The molecule has 0 spiro atoms. The molecule has 0 fully saturated rings. The van der Waals surface area contributed by atoms with Crippen LogP contribution >= 0.6 is 12.6 Å². The number of hydrogen-bond donors (Lipinski definition) is 1. The summed E-state index contributed by atoms with van der Waals surface area (Å²) in [6.45, 7) is 6.84. The van der Waals surface area contributed by atoms with Crippen LogP contribution in [0, 0.1) is 5.92 Å². The molecule has 0 aliphatic rings. The topological polar surface area (TPSA) is 0 Å². The first-order valence-corrected chi connectivity index (χ1v) is 5.90. The molecule has 0 aromatic carbocycles. The van der Waals surface area contributed by atoms with E-state index < -0.39 is 0 Å². The van der Waals surface area contributed by atoms with Crippen LogP contribution in [0.5, 0.6) is 0 Å². The van der Waals surface area contributed by atoms with Crippen molar-refractivity contribution in [2.24, 2.45) is 5.92 Å². The standard InChI is InChI=1S/C11H24S/c1-4-6-7-8-10(3)9-11(12)5-2/h10-12H,4-9H2,1-3H3. The van der Waals surface area contributed by atoms with E-state index in [-0.39, 0.29) is 0 Å². The van der Waals surface area contributed by atoms with E-state index in [1.54, 1.807) is 0 Å². The van der Waals surface area contributed by atoms with Crippen molar-refractivity contribution in [2.45, 2.75) is 64.5 Å². The molecule has 0 aromatic heterocycles. The van der Waals surface area contributed by atoms with Gasteiger partial charge in [0.15, 0.2) is 0 Å². The lowest BCUT2D eigenvalue weighted by Gasteiger charge is -2.14. The third kappa shape index (κ3) is 7.02. The van der Waals surface area contributed by atoms with Crippen molar-refractivity contribution in [3.63, 3.8) is 0 Å². The van der Waals surface area contributed by atoms with Gasteiger partial charge in [0.1, 0.15) is 0 Å². The van der Waals surface area contributed by atoms with E-state index >= 15 is 0 Å². The van der Waals surface area contributed by atoms with Gasteiger partial charge >= 0.3 is 0 Å². The lowest BCUT2D eigenvalue weighted by Crippen LogP contribution is -2.04. The lowest BCUT2D eigenvalue weighted by atomic mass is 9.97. The van der Waals surface area contributed by atoms with Crippen molar-refractivity contribution in [2.75, 3.05) is 0 Å². The fourth-order valence-corrected chi connectivity index (χ4v) is 1.85. The summed E-state index contributed by atoms with van der Waals surface area (Å²) in [4.78, 5) is 0. The molecule has 0 rings (SSSR count). The van der Waals surface area contributed by atoms with Crippen molar-refractivity contribution in [3.05, 3.63) is 0 Å². The van der Waals surface area contributed by atoms with Crippen molar-refractivity contribution < 1.29 is 0 Å². The molecular weight excluding hydrogens is 164 g/mol. The SMILES string of the molecule is CCCCCC(C)CC(S)CC. The highest BCUT2D eigenvalue weighted by molar-refractivity contribution is 7.80. The van der Waals surface area contributed by atoms with Gasteiger partial charge in [-0.2, -0.15) is 12.6 Å². The summed E-state index contributed by atoms with van der Waals surface area (Å²) in [5.74, 6) is 0.874. The van der Waals surface area contributed by atoms with Crippen LogP contribution in [0.25, 0.3) is 0 Å². The molecule has 12 heavy (non-hydrogen) atoms. The van der Waals surface area contributed by atoms with E-state index in [9.17, 15) is 0 Å². The Morgan fingerprint density at radius 1 is 1.17 bits per heavy atom. The van der Waals surface area contributed by atoms with Crippen LogP contribution < -0.4 is 0 Å². The van der Waals surface area contributed by atoms with Crippen LogP contribution in [0.4, 0.5) is 0 Å². The Kier molecular flexibility index (Phi) is 8.20. The second-order valence-electron chi connectivity index (χ2n) is 3.90. The van der Waals surface area contributed by atoms with Gasteiger partial charge in [-0.25, -0.2) is 0 Å². The van der Waals surface area contributed by atoms with E-state index in [1.807, 2.05) is 0 Å². The van der Waals surface area contributed by atoms with E-state index in [1.165, 1.54) is 38.5 Å². The Morgan fingerprint density at radius 3 is 2.33 bits per heavy atom. The number of hydrogen-bond acceptors (Lipinski definition) is 1. The molecule has 0 bridgehead atoms. The molecule has 0 saturated carbocycles. The van der Waals surface area contributed by atoms with Crippen molar-refractivity contribution in [1.29, 1.82) is 0 Å². The zero-order chi connectivity index (χ0) is 9.40. The zero-order valence-electron chi connectivity index (χ0n) is 8.84. The maximum Gasteiger partial charge on any atom is 0.00167 e. The van der Waals surface area contributed by atoms with Crippen LogP contribution in [-0.4, -0.2) is 5.25 Å². The van der Waals surface area contributed by atoms with Gasteiger partial charge in [0.2, 0.25) is 0 Å². The highest BCUT2D eigenvalue weighted by atomic mass is 32.1. The molecule has 74 valence electrons. The van der Waals surface area contributed by atoms with Crippen molar-refractivity contribution in [1.82, 2.24) is 0 Å². The van der Waals surface area contributed by atoms with E-state index in [0.717, 1.165) is 5.92 Å². The minimum Gasteiger partial charge on any atom is -0.176 e. The van der Waals surface area contributed by atoms with Gasteiger partial charge in [-0.3, -0.25) is 0 Å². The van der Waals surface area contributed by atoms with Crippen molar-refractivity contribution >= 4 is 12.6 Å². The van der Waals surface area contributed by atoms with Gasteiger partial charge in [-0.1, -0.05) is 46.5 Å². The van der Waals surface area contributed by atoms with Gasteiger partial charge in [-0.05, 0) is 18.8 Å². The smallest absolute Gasteiger partial charge is 0.00167 e. The Labute approximate surface area is 83.5 Å². The lowest BCUT2D eigenvalue weighted by molar-refractivity contribution is 0.455. The van der Waals surface area contributed by atoms with Gasteiger partial charge < -0.3 is 0 Å². The average Bonchev–Trinajstić information content (AvgIpc) is 2.05. The largest absolute Gasteiger partial charge is 0.176 e. The molecule has 0 aromatic rings. The molecule has 0 nitrogen and oxygen atoms in total. The highest BCUT2D eigenvalue weighted by Gasteiger charge is 2.06. The molecule has 0 N–H and O–H groups in total. The Morgan fingerprint density at radius 2 is 1.83 bits per heavy atom. The number of unbranched alkanes of at least 4 members (excludes halogenated alkanes) is 2. The monoisotopic (exact) mass is 188 g/mol. The molecule has 0 amide bonds. The summed E-state index contributed by atoms with van der Waals surface area (Å²) in [6, 6.07) is 0. The predicted molar refractivity (Wildman–Crippen MR) is 61.0 cm³/mol. The summed E-state index contributed by atoms with van der Waals surface area (Å²) < 4.78 is 0. The molecular formula is C11H24S. The fraction of sp³-hybridized carbons (Fsp3) is 1.00. The first kappa shape index (κ1) is 12.3. The second-order valence-corrected chi connectivity index (χ2v) is 4.63.